The molecular formula is C14H25N3O. The number of rotatable bonds is 8. The van der Waals surface area contributed by atoms with Crippen molar-refractivity contribution in [1.82, 2.24) is 4.98 Å². The van der Waals surface area contributed by atoms with Gasteiger partial charge in [0, 0.05) is 25.7 Å². The van der Waals surface area contributed by atoms with Gasteiger partial charge in [-0.1, -0.05) is 0 Å². The summed E-state index contributed by atoms with van der Waals surface area (Å²) in [6, 6.07) is 4.43. The molecule has 0 bridgehead atoms. The normalized spacial score (nSPS) is 12.2. The largest absolute Gasteiger partial charge is 0.380 e. The van der Waals surface area contributed by atoms with E-state index in [1.165, 1.54) is 0 Å². The molecule has 0 aliphatic carbocycles. The Morgan fingerprint density at radius 2 is 2.00 bits per heavy atom. The van der Waals surface area contributed by atoms with Crippen molar-refractivity contribution in [2.45, 2.75) is 33.7 Å². The molecule has 0 saturated heterocycles. The maximum absolute atomic E-state index is 5.37. The Morgan fingerprint density at radius 3 is 2.50 bits per heavy atom. The molecule has 0 fully saturated rings. The summed E-state index contributed by atoms with van der Waals surface area (Å²) < 4.78 is 5.37. The monoisotopic (exact) mass is 251 g/mol. The van der Waals surface area contributed by atoms with Crippen LogP contribution in [0.3, 0.4) is 0 Å². The van der Waals surface area contributed by atoms with Gasteiger partial charge in [-0.25, -0.2) is 4.98 Å². The Balaban J connectivity index is 2.54. The van der Waals surface area contributed by atoms with Gasteiger partial charge < -0.3 is 15.0 Å². The first-order valence-electron chi connectivity index (χ1n) is 6.76. The molecule has 0 aliphatic rings. The zero-order valence-corrected chi connectivity index (χ0v) is 11.9. The molecule has 0 aliphatic heterocycles. The van der Waals surface area contributed by atoms with E-state index in [2.05, 4.69) is 48.1 Å². The molecule has 1 atom stereocenters. The number of hydrogen-bond acceptors (Lipinski definition) is 4. The SMILES string of the molecule is CCOCC(C)Nc1ccc(N(CC)CC)nc1. The third-order valence-electron chi connectivity index (χ3n) is 2.82. The highest BCUT2D eigenvalue weighted by molar-refractivity contribution is 5.48. The standard InChI is InChI=1S/C14H25N3O/c1-5-17(6-2)14-9-8-13(10-15-14)16-12(4)11-18-7-3/h8-10,12,16H,5-7,11H2,1-4H3. The molecule has 102 valence electrons. The van der Waals surface area contributed by atoms with Crippen LogP contribution in [0.2, 0.25) is 0 Å². The summed E-state index contributed by atoms with van der Waals surface area (Å²) in [6.45, 7) is 11.8. The minimum atomic E-state index is 0.297. The van der Waals surface area contributed by atoms with E-state index in [9.17, 15) is 0 Å². The van der Waals surface area contributed by atoms with Crippen molar-refractivity contribution in [2.75, 3.05) is 36.5 Å². The summed E-state index contributed by atoms with van der Waals surface area (Å²) in [5, 5.41) is 3.37. The van der Waals surface area contributed by atoms with Crippen LogP contribution in [0.5, 0.6) is 0 Å². The van der Waals surface area contributed by atoms with E-state index in [1.807, 2.05) is 13.1 Å². The van der Waals surface area contributed by atoms with Gasteiger partial charge in [0.15, 0.2) is 0 Å². The quantitative estimate of drug-likeness (QED) is 0.771. The number of nitrogens with one attached hydrogen (secondary N) is 1. The van der Waals surface area contributed by atoms with Gasteiger partial charge in [0.2, 0.25) is 0 Å². The molecule has 1 aromatic heterocycles. The van der Waals surface area contributed by atoms with Crippen LogP contribution in [0.15, 0.2) is 18.3 Å². The molecule has 0 radical (unpaired) electrons. The molecule has 4 nitrogen and oxygen atoms in total. The summed E-state index contributed by atoms with van der Waals surface area (Å²) in [5.41, 5.74) is 1.04. The molecule has 18 heavy (non-hydrogen) atoms. The lowest BCUT2D eigenvalue weighted by atomic mass is 10.3. The van der Waals surface area contributed by atoms with Crippen molar-refractivity contribution in [3.8, 4) is 0 Å². The van der Waals surface area contributed by atoms with Gasteiger partial charge in [-0.3, -0.25) is 0 Å². The van der Waals surface area contributed by atoms with Crippen molar-refractivity contribution < 1.29 is 4.74 Å². The van der Waals surface area contributed by atoms with Crippen molar-refractivity contribution in [3.63, 3.8) is 0 Å². The maximum atomic E-state index is 5.37. The average Bonchev–Trinajstić information content (AvgIpc) is 2.40. The molecule has 1 heterocycles. The summed E-state index contributed by atoms with van der Waals surface area (Å²) in [6.07, 6.45) is 1.89. The first kappa shape index (κ1) is 14.8. The van der Waals surface area contributed by atoms with Gasteiger partial charge >= 0.3 is 0 Å². The van der Waals surface area contributed by atoms with Crippen LogP contribution in [0.4, 0.5) is 11.5 Å². The van der Waals surface area contributed by atoms with Crippen LogP contribution in [0.25, 0.3) is 0 Å². The second kappa shape index (κ2) is 7.93. The van der Waals surface area contributed by atoms with Crippen LogP contribution in [0, 0.1) is 0 Å². The van der Waals surface area contributed by atoms with Gasteiger partial charge in [0.25, 0.3) is 0 Å². The number of ether oxygens (including phenoxy) is 1. The third-order valence-corrected chi connectivity index (χ3v) is 2.82. The molecule has 4 heteroatoms. The van der Waals surface area contributed by atoms with Gasteiger partial charge in [-0.2, -0.15) is 0 Å². The Morgan fingerprint density at radius 1 is 1.28 bits per heavy atom. The summed E-state index contributed by atoms with van der Waals surface area (Å²) in [7, 11) is 0. The summed E-state index contributed by atoms with van der Waals surface area (Å²) in [5.74, 6) is 1.03. The van der Waals surface area contributed by atoms with Crippen molar-refractivity contribution >= 4 is 11.5 Å². The van der Waals surface area contributed by atoms with E-state index in [4.69, 9.17) is 4.74 Å². The van der Waals surface area contributed by atoms with Crippen LogP contribution in [-0.2, 0) is 4.74 Å². The lowest BCUT2D eigenvalue weighted by Crippen LogP contribution is -2.24. The van der Waals surface area contributed by atoms with E-state index in [0.29, 0.717) is 12.6 Å². The molecule has 0 aromatic carbocycles. The van der Waals surface area contributed by atoms with Gasteiger partial charge in [0.05, 0.1) is 18.5 Å². The average molecular weight is 251 g/mol. The molecule has 1 N–H and O–H groups in total. The Kier molecular flexibility index (Phi) is 6.50. The topological polar surface area (TPSA) is 37.4 Å². The van der Waals surface area contributed by atoms with Gasteiger partial charge in [-0.05, 0) is 39.8 Å². The van der Waals surface area contributed by atoms with E-state index in [-0.39, 0.29) is 0 Å². The van der Waals surface area contributed by atoms with Crippen molar-refractivity contribution in [1.29, 1.82) is 0 Å². The first-order chi connectivity index (χ1) is 8.71. The maximum Gasteiger partial charge on any atom is 0.128 e. The number of anilines is 2. The molecule has 0 saturated carbocycles. The second-order valence-electron chi connectivity index (χ2n) is 4.28. The van der Waals surface area contributed by atoms with Crippen LogP contribution in [0.1, 0.15) is 27.7 Å². The third kappa shape index (κ3) is 4.53. The fourth-order valence-corrected chi connectivity index (χ4v) is 1.83. The Bertz CT molecular complexity index is 322. The zero-order chi connectivity index (χ0) is 13.4. The van der Waals surface area contributed by atoms with Gasteiger partial charge in [0.1, 0.15) is 5.82 Å². The number of pyridine rings is 1. The predicted molar refractivity (Wildman–Crippen MR) is 77.4 cm³/mol. The second-order valence-corrected chi connectivity index (χ2v) is 4.28. The summed E-state index contributed by atoms with van der Waals surface area (Å²) in [4.78, 5) is 6.71. The molecule has 0 spiro atoms. The van der Waals surface area contributed by atoms with Crippen LogP contribution in [-0.4, -0.2) is 37.3 Å². The summed E-state index contributed by atoms with van der Waals surface area (Å²) >= 11 is 0. The minimum Gasteiger partial charge on any atom is -0.380 e. The highest BCUT2D eigenvalue weighted by Crippen LogP contribution is 2.14. The lowest BCUT2D eigenvalue weighted by molar-refractivity contribution is 0.141. The zero-order valence-electron chi connectivity index (χ0n) is 11.9. The Hall–Kier alpha value is -1.29. The van der Waals surface area contributed by atoms with E-state index >= 15 is 0 Å². The first-order valence-corrected chi connectivity index (χ1v) is 6.76. The van der Waals surface area contributed by atoms with Crippen molar-refractivity contribution in [2.24, 2.45) is 0 Å². The molecule has 0 amide bonds. The smallest absolute Gasteiger partial charge is 0.128 e. The highest BCUT2D eigenvalue weighted by atomic mass is 16.5. The number of nitrogens with zero attached hydrogens (tertiary/aromatic N) is 2. The predicted octanol–water partition coefficient (Wildman–Crippen LogP) is 2.76. The fraction of sp³-hybridized carbons (Fsp3) is 0.643. The highest BCUT2D eigenvalue weighted by Gasteiger charge is 2.05. The molecule has 1 unspecified atom stereocenters. The Labute approximate surface area is 110 Å². The molecule has 1 rings (SSSR count). The molecule has 1 aromatic rings. The lowest BCUT2D eigenvalue weighted by Gasteiger charge is -2.20. The van der Waals surface area contributed by atoms with Gasteiger partial charge in [-0.15, -0.1) is 0 Å². The van der Waals surface area contributed by atoms with E-state index in [0.717, 1.165) is 31.2 Å². The van der Waals surface area contributed by atoms with Crippen LogP contribution < -0.4 is 10.2 Å². The fourth-order valence-electron chi connectivity index (χ4n) is 1.83. The molecular weight excluding hydrogens is 226 g/mol. The number of aromatic nitrogens is 1. The number of hydrogen-bond donors (Lipinski definition) is 1. The van der Waals surface area contributed by atoms with E-state index < -0.39 is 0 Å². The minimum absolute atomic E-state index is 0.297. The van der Waals surface area contributed by atoms with Crippen molar-refractivity contribution in [3.05, 3.63) is 18.3 Å². The van der Waals surface area contributed by atoms with Crippen LogP contribution >= 0.6 is 0 Å². The van der Waals surface area contributed by atoms with E-state index in [1.54, 1.807) is 0 Å².